The third kappa shape index (κ3) is 2.97. The number of hydrogen-bond donors (Lipinski definition) is 2. The summed E-state index contributed by atoms with van der Waals surface area (Å²) >= 11 is 0. The molecule has 5 nitrogen and oxygen atoms in total. The first-order valence-corrected chi connectivity index (χ1v) is 6.43. The quantitative estimate of drug-likeness (QED) is 0.735. The smallest absolute Gasteiger partial charge is 0.308 e. The first kappa shape index (κ1) is 12.4. The molecule has 2 saturated heterocycles. The number of rotatable bonds is 2. The summed E-state index contributed by atoms with van der Waals surface area (Å²) in [6.45, 7) is 1.99. The normalized spacial score (nSPS) is 30.0. The molecule has 2 N–H and O–H groups in total. The van der Waals surface area contributed by atoms with Crippen molar-refractivity contribution in [2.24, 2.45) is 5.92 Å². The first-order chi connectivity index (χ1) is 8.18. The van der Waals surface area contributed by atoms with E-state index in [1.54, 1.807) is 4.90 Å². The molecule has 5 heteroatoms. The van der Waals surface area contributed by atoms with E-state index in [1.165, 1.54) is 0 Å². The highest BCUT2D eigenvalue weighted by molar-refractivity contribution is 5.83. The van der Waals surface area contributed by atoms with Crippen LogP contribution in [0.1, 0.15) is 32.1 Å². The number of aliphatic carboxylic acids is 1. The molecule has 17 heavy (non-hydrogen) atoms. The summed E-state index contributed by atoms with van der Waals surface area (Å²) in [5.41, 5.74) is 0. The fraction of sp³-hybridized carbons (Fsp3) is 0.833. The Labute approximate surface area is 101 Å². The average molecular weight is 240 g/mol. The monoisotopic (exact) mass is 240 g/mol. The largest absolute Gasteiger partial charge is 0.481 e. The van der Waals surface area contributed by atoms with E-state index in [9.17, 15) is 9.59 Å². The second-order valence-electron chi connectivity index (χ2n) is 4.96. The Kier molecular flexibility index (Phi) is 3.99. The molecule has 0 aromatic rings. The van der Waals surface area contributed by atoms with Gasteiger partial charge in [0.2, 0.25) is 5.91 Å². The van der Waals surface area contributed by atoms with E-state index in [4.69, 9.17) is 5.11 Å². The maximum Gasteiger partial charge on any atom is 0.308 e. The Morgan fingerprint density at radius 3 is 2.65 bits per heavy atom. The Hall–Kier alpha value is -1.10. The zero-order valence-electron chi connectivity index (χ0n) is 10.0. The van der Waals surface area contributed by atoms with E-state index in [1.807, 2.05) is 0 Å². The summed E-state index contributed by atoms with van der Waals surface area (Å²) in [6.07, 6.45) is 4.58. The SMILES string of the molecule is O=C(O)[C@H]1CCCN(C(=O)[C@@H]2CCCCN2)C1. The van der Waals surface area contributed by atoms with Crippen molar-refractivity contribution in [1.82, 2.24) is 10.2 Å². The summed E-state index contributed by atoms with van der Waals surface area (Å²) in [7, 11) is 0. The minimum absolute atomic E-state index is 0.0868. The molecule has 2 aliphatic rings. The number of piperidine rings is 2. The lowest BCUT2D eigenvalue weighted by Crippen LogP contribution is -2.52. The lowest BCUT2D eigenvalue weighted by molar-refractivity contribution is -0.146. The molecule has 0 aromatic carbocycles. The highest BCUT2D eigenvalue weighted by Gasteiger charge is 2.31. The van der Waals surface area contributed by atoms with Crippen LogP contribution in [0.4, 0.5) is 0 Å². The van der Waals surface area contributed by atoms with Crippen molar-refractivity contribution in [2.75, 3.05) is 19.6 Å². The number of carboxylic acid groups (broad SMARTS) is 1. The minimum Gasteiger partial charge on any atom is -0.481 e. The van der Waals surface area contributed by atoms with E-state index in [0.717, 1.165) is 32.2 Å². The van der Waals surface area contributed by atoms with Crippen LogP contribution in [0.15, 0.2) is 0 Å². The Bertz CT molecular complexity index is 300. The molecule has 2 atom stereocenters. The Morgan fingerprint density at radius 2 is 2.00 bits per heavy atom. The fourth-order valence-corrected chi connectivity index (χ4v) is 2.66. The summed E-state index contributed by atoms with van der Waals surface area (Å²) < 4.78 is 0. The van der Waals surface area contributed by atoms with Crippen LogP contribution in [0.5, 0.6) is 0 Å². The molecule has 2 heterocycles. The minimum atomic E-state index is -0.779. The lowest BCUT2D eigenvalue weighted by Gasteiger charge is -2.34. The molecular formula is C12H20N2O3. The van der Waals surface area contributed by atoms with Crippen LogP contribution in [0.2, 0.25) is 0 Å². The number of carbonyl (C=O) groups is 2. The van der Waals surface area contributed by atoms with Gasteiger partial charge in [0.25, 0.3) is 0 Å². The third-order valence-electron chi connectivity index (χ3n) is 3.69. The van der Waals surface area contributed by atoms with Crippen LogP contribution < -0.4 is 5.32 Å². The number of nitrogens with one attached hydrogen (secondary N) is 1. The van der Waals surface area contributed by atoms with Gasteiger partial charge in [0.05, 0.1) is 12.0 Å². The molecule has 0 bridgehead atoms. The van der Waals surface area contributed by atoms with E-state index in [-0.39, 0.29) is 17.9 Å². The molecule has 96 valence electrons. The summed E-state index contributed by atoms with van der Waals surface area (Å²) in [4.78, 5) is 24.9. The second kappa shape index (κ2) is 5.49. The number of hydrogen-bond acceptors (Lipinski definition) is 3. The van der Waals surface area contributed by atoms with Gasteiger partial charge in [0.1, 0.15) is 0 Å². The van der Waals surface area contributed by atoms with Gasteiger partial charge >= 0.3 is 5.97 Å². The molecular weight excluding hydrogens is 220 g/mol. The van der Waals surface area contributed by atoms with E-state index in [2.05, 4.69) is 5.32 Å². The van der Waals surface area contributed by atoms with Crippen molar-refractivity contribution < 1.29 is 14.7 Å². The van der Waals surface area contributed by atoms with Gasteiger partial charge in [-0.05, 0) is 32.2 Å². The summed E-state index contributed by atoms with van der Waals surface area (Å²) in [5, 5.41) is 12.2. The zero-order chi connectivity index (χ0) is 12.3. The van der Waals surface area contributed by atoms with Crippen molar-refractivity contribution in [2.45, 2.75) is 38.1 Å². The Morgan fingerprint density at radius 1 is 1.18 bits per heavy atom. The molecule has 2 fully saturated rings. The van der Waals surface area contributed by atoms with Gasteiger partial charge < -0.3 is 15.3 Å². The maximum atomic E-state index is 12.2. The number of carboxylic acids is 1. The van der Waals surface area contributed by atoms with E-state index in [0.29, 0.717) is 19.5 Å². The van der Waals surface area contributed by atoms with Crippen molar-refractivity contribution in [3.8, 4) is 0 Å². The molecule has 2 rings (SSSR count). The molecule has 0 radical (unpaired) electrons. The van der Waals surface area contributed by atoms with Crippen molar-refractivity contribution in [3.63, 3.8) is 0 Å². The van der Waals surface area contributed by atoms with Crippen molar-refractivity contribution in [3.05, 3.63) is 0 Å². The maximum absolute atomic E-state index is 12.2. The van der Waals surface area contributed by atoms with Crippen LogP contribution in [0.25, 0.3) is 0 Å². The third-order valence-corrected chi connectivity index (χ3v) is 3.69. The van der Waals surface area contributed by atoms with Gasteiger partial charge in [0.15, 0.2) is 0 Å². The predicted octanol–water partition coefficient (Wildman–Crippen LogP) is 0.452. The highest BCUT2D eigenvalue weighted by Crippen LogP contribution is 2.19. The van der Waals surface area contributed by atoms with Gasteiger partial charge in [-0.25, -0.2) is 0 Å². The number of amides is 1. The van der Waals surface area contributed by atoms with Gasteiger partial charge in [0, 0.05) is 13.1 Å². The van der Waals surface area contributed by atoms with Gasteiger partial charge in [-0.2, -0.15) is 0 Å². The molecule has 0 saturated carbocycles. The number of nitrogens with zero attached hydrogens (tertiary/aromatic N) is 1. The van der Waals surface area contributed by atoms with E-state index < -0.39 is 5.97 Å². The van der Waals surface area contributed by atoms with Gasteiger partial charge in [-0.3, -0.25) is 9.59 Å². The molecule has 2 aliphatic heterocycles. The lowest BCUT2D eigenvalue weighted by atomic mass is 9.96. The van der Waals surface area contributed by atoms with Crippen LogP contribution in [-0.2, 0) is 9.59 Å². The topological polar surface area (TPSA) is 69.6 Å². The van der Waals surface area contributed by atoms with Crippen LogP contribution >= 0.6 is 0 Å². The summed E-state index contributed by atoms with van der Waals surface area (Å²) in [5.74, 6) is -1.06. The fourth-order valence-electron chi connectivity index (χ4n) is 2.66. The highest BCUT2D eigenvalue weighted by atomic mass is 16.4. The standard InChI is InChI=1S/C12H20N2O3/c15-11(10-5-1-2-6-13-10)14-7-3-4-9(8-14)12(16)17/h9-10,13H,1-8H2,(H,16,17)/t9-,10-/m0/s1. The summed E-state index contributed by atoms with van der Waals surface area (Å²) in [6, 6.07) is -0.0868. The average Bonchev–Trinajstić information content (AvgIpc) is 2.39. The number of carbonyl (C=O) groups excluding carboxylic acids is 1. The molecule has 0 aromatic heterocycles. The van der Waals surface area contributed by atoms with Crippen molar-refractivity contribution >= 4 is 11.9 Å². The van der Waals surface area contributed by atoms with Crippen LogP contribution in [0.3, 0.4) is 0 Å². The van der Waals surface area contributed by atoms with Crippen molar-refractivity contribution in [1.29, 1.82) is 0 Å². The number of likely N-dealkylation sites (tertiary alicyclic amines) is 1. The first-order valence-electron chi connectivity index (χ1n) is 6.43. The molecule has 0 spiro atoms. The van der Waals surface area contributed by atoms with Gasteiger partial charge in [-0.1, -0.05) is 6.42 Å². The van der Waals surface area contributed by atoms with Crippen LogP contribution in [0, 0.1) is 5.92 Å². The predicted molar refractivity (Wildman–Crippen MR) is 62.6 cm³/mol. The molecule has 1 amide bonds. The molecule has 0 unspecified atom stereocenters. The van der Waals surface area contributed by atoms with E-state index >= 15 is 0 Å². The molecule has 0 aliphatic carbocycles. The van der Waals surface area contributed by atoms with Gasteiger partial charge in [-0.15, -0.1) is 0 Å². The van der Waals surface area contributed by atoms with Crippen LogP contribution in [-0.4, -0.2) is 47.6 Å². The second-order valence-corrected chi connectivity index (χ2v) is 4.96. The Balaban J connectivity index is 1.91. The zero-order valence-corrected chi connectivity index (χ0v) is 10.0.